The molecule has 0 amide bonds. The molecule has 90 valence electrons. The van der Waals surface area contributed by atoms with E-state index in [0.717, 1.165) is 22.2 Å². The van der Waals surface area contributed by atoms with E-state index in [9.17, 15) is 4.79 Å². The first-order valence-electron chi connectivity index (χ1n) is 5.72. The minimum atomic E-state index is -0.0757. The summed E-state index contributed by atoms with van der Waals surface area (Å²) in [5, 5.41) is 1.03. The number of hydrogen-bond donors (Lipinski definition) is 2. The Morgan fingerprint density at radius 2 is 2.06 bits per heavy atom. The Bertz CT molecular complexity index is 783. The van der Waals surface area contributed by atoms with E-state index in [1.54, 1.807) is 6.07 Å². The topological polar surface area (TPSA) is 63.8 Å². The molecule has 0 unspecified atom stereocenters. The average Bonchev–Trinajstić information content (AvgIpc) is 2.75. The standard InChI is InChI=1S/C14H13N3O/c1-9-7-14(18)16-12-5-4-10(8-11(9)12)17-6-2-3-13(17)15/h2-8H,15H2,1H3,(H,16,18). The molecule has 4 nitrogen and oxygen atoms in total. The summed E-state index contributed by atoms with van der Waals surface area (Å²) in [6, 6.07) is 11.2. The fourth-order valence-electron chi connectivity index (χ4n) is 2.19. The molecule has 3 rings (SSSR count). The van der Waals surface area contributed by atoms with E-state index in [2.05, 4.69) is 4.98 Å². The van der Waals surface area contributed by atoms with Crippen molar-refractivity contribution in [2.45, 2.75) is 6.92 Å². The number of aromatic amines is 1. The Morgan fingerprint density at radius 1 is 1.22 bits per heavy atom. The Labute approximate surface area is 104 Å². The van der Waals surface area contributed by atoms with Crippen LogP contribution in [0.25, 0.3) is 16.6 Å². The predicted octanol–water partition coefficient (Wildman–Crippen LogP) is 2.21. The normalized spacial score (nSPS) is 10.9. The molecule has 0 aliphatic carbocycles. The van der Waals surface area contributed by atoms with Gasteiger partial charge in [-0.25, -0.2) is 0 Å². The second kappa shape index (κ2) is 3.77. The van der Waals surface area contributed by atoms with E-state index in [1.165, 1.54) is 0 Å². The molecular formula is C14H13N3O. The molecule has 0 radical (unpaired) electrons. The molecule has 0 atom stereocenters. The van der Waals surface area contributed by atoms with Gasteiger partial charge in [0.2, 0.25) is 5.56 Å². The number of nitrogens with one attached hydrogen (secondary N) is 1. The molecule has 18 heavy (non-hydrogen) atoms. The number of nitrogens with zero attached hydrogens (tertiary/aromatic N) is 1. The highest BCUT2D eigenvalue weighted by molar-refractivity contribution is 5.84. The fraction of sp³-hybridized carbons (Fsp3) is 0.0714. The highest BCUT2D eigenvalue weighted by Crippen LogP contribution is 2.21. The number of nitrogens with two attached hydrogens (primary N) is 1. The Morgan fingerprint density at radius 3 is 2.78 bits per heavy atom. The monoisotopic (exact) mass is 239 g/mol. The van der Waals surface area contributed by atoms with Gasteiger partial charge < -0.3 is 15.3 Å². The van der Waals surface area contributed by atoms with Crippen molar-refractivity contribution in [3.63, 3.8) is 0 Å². The molecule has 3 aromatic rings. The van der Waals surface area contributed by atoms with Gasteiger partial charge in [0.25, 0.3) is 0 Å². The summed E-state index contributed by atoms with van der Waals surface area (Å²) in [4.78, 5) is 14.2. The Kier molecular flexibility index (Phi) is 2.23. The van der Waals surface area contributed by atoms with Crippen LogP contribution in [0.3, 0.4) is 0 Å². The summed E-state index contributed by atoms with van der Waals surface area (Å²) in [6.07, 6.45) is 1.91. The number of rotatable bonds is 1. The van der Waals surface area contributed by atoms with Crippen molar-refractivity contribution >= 4 is 16.7 Å². The van der Waals surface area contributed by atoms with Gasteiger partial charge in [-0.3, -0.25) is 4.79 Å². The molecule has 0 spiro atoms. The van der Waals surface area contributed by atoms with Crippen molar-refractivity contribution in [1.29, 1.82) is 0 Å². The first kappa shape index (κ1) is 10.7. The number of hydrogen-bond acceptors (Lipinski definition) is 2. The van der Waals surface area contributed by atoms with Crippen LogP contribution in [0.4, 0.5) is 5.82 Å². The lowest BCUT2D eigenvalue weighted by molar-refractivity contribution is 1.09. The zero-order valence-corrected chi connectivity index (χ0v) is 9.97. The average molecular weight is 239 g/mol. The van der Waals surface area contributed by atoms with Crippen LogP contribution in [0, 0.1) is 6.92 Å². The number of anilines is 1. The van der Waals surface area contributed by atoms with Crippen molar-refractivity contribution in [2.24, 2.45) is 0 Å². The van der Waals surface area contributed by atoms with Crippen molar-refractivity contribution in [3.8, 4) is 5.69 Å². The van der Waals surface area contributed by atoms with Crippen molar-refractivity contribution in [3.05, 3.63) is 58.5 Å². The minimum Gasteiger partial charge on any atom is -0.385 e. The minimum absolute atomic E-state index is 0.0757. The smallest absolute Gasteiger partial charge is 0.248 e. The molecular weight excluding hydrogens is 226 g/mol. The molecule has 0 saturated heterocycles. The maximum absolute atomic E-state index is 11.4. The van der Waals surface area contributed by atoms with Gasteiger partial charge in [0.15, 0.2) is 0 Å². The highest BCUT2D eigenvalue weighted by Gasteiger charge is 2.04. The van der Waals surface area contributed by atoms with Crippen molar-refractivity contribution < 1.29 is 0 Å². The van der Waals surface area contributed by atoms with Gasteiger partial charge in [-0.1, -0.05) is 0 Å². The third kappa shape index (κ3) is 1.59. The lowest BCUT2D eigenvalue weighted by Gasteiger charge is -2.08. The first-order chi connectivity index (χ1) is 8.65. The van der Waals surface area contributed by atoms with Crippen LogP contribution in [0.15, 0.2) is 47.4 Å². The van der Waals surface area contributed by atoms with E-state index in [4.69, 9.17) is 5.73 Å². The van der Waals surface area contributed by atoms with Gasteiger partial charge in [0.1, 0.15) is 5.82 Å². The fourth-order valence-corrected chi connectivity index (χ4v) is 2.19. The van der Waals surface area contributed by atoms with Gasteiger partial charge in [-0.2, -0.15) is 0 Å². The maximum Gasteiger partial charge on any atom is 0.248 e. The van der Waals surface area contributed by atoms with E-state index in [0.29, 0.717) is 5.82 Å². The third-order valence-corrected chi connectivity index (χ3v) is 3.09. The van der Waals surface area contributed by atoms with Gasteiger partial charge in [-0.05, 0) is 42.8 Å². The molecule has 0 saturated carbocycles. The molecule has 2 heterocycles. The molecule has 0 bridgehead atoms. The number of benzene rings is 1. The lowest BCUT2D eigenvalue weighted by Crippen LogP contribution is -2.05. The van der Waals surface area contributed by atoms with Crippen LogP contribution < -0.4 is 11.3 Å². The van der Waals surface area contributed by atoms with Crippen LogP contribution in [-0.4, -0.2) is 9.55 Å². The SMILES string of the molecule is Cc1cc(=O)[nH]c2ccc(-n3cccc3N)cc12. The lowest BCUT2D eigenvalue weighted by atomic mass is 10.1. The highest BCUT2D eigenvalue weighted by atomic mass is 16.1. The molecule has 1 aromatic carbocycles. The largest absolute Gasteiger partial charge is 0.385 e. The van der Waals surface area contributed by atoms with Gasteiger partial charge in [0, 0.05) is 28.9 Å². The summed E-state index contributed by atoms with van der Waals surface area (Å²) in [5.41, 5.74) is 8.60. The zero-order valence-electron chi connectivity index (χ0n) is 9.97. The second-order valence-electron chi connectivity index (χ2n) is 4.35. The van der Waals surface area contributed by atoms with E-state index in [1.807, 2.05) is 48.0 Å². The third-order valence-electron chi connectivity index (χ3n) is 3.09. The van der Waals surface area contributed by atoms with E-state index in [-0.39, 0.29) is 5.56 Å². The number of H-pyrrole nitrogens is 1. The zero-order chi connectivity index (χ0) is 12.7. The molecule has 4 heteroatoms. The summed E-state index contributed by atoms with van der Waals surface area (Å²) in [5.74, 6) is 0.691. The number of aryl methyl sites for hydroxylation is 1. The second-order valence-corrected chi connectivity index (χ2v) is 4.35. The summed E-state index contributed by atoms with van der Waals surface area (Å²) in [6.45, 7) is 1.93. The predicted molar refractivity (Wildman–Crippen MR) is 73.0 cm³/mol. The van der Waals surface area contributed by atoms with Gasteiger partial charge >= 0.3 is 0 Å². The Balaban J connectivity index is 2.29. The summed E-state index contributed by atoms with van der Waals surface area (Å²) >= 11 is 0. The number of fused-ring (bicyclic) bond motifs is 1. The van der Waals surface area contributed by atoms with Crippen LogP contribution in [-0.2, 0) is 0 Å². The van der Waals surface area contributed by atoms with E-state index < -0.39 is 0 Å². The number of aromatic nitrogens is 2. The molecule has 0 aliphatic rings. The van der Waals surface area contributed by atoms with Crippen LogP contribution in [0.1, 0.15) is 5.56 Å². The quantitative estimate of drug-likeness (QED) is 0.683. The number of pyridine rings is 1. The van der Waals surface area contributed by atoms with Crippen molar-refractivity contribution in [2.75, 3.05) is 5.73 Å². The molecule has 3 N–H and O–H groups in total. The van der Waals surface area contributed by atoms with E-state index >= 15 is 0 Å². The van der Waals surface area contributed by atoms with Crippen LogP contribution in [0.2, 0.25) is 0 Å². The number of nitrogen functional groups attached to an aromatic ring is 1. The Hall–Kier alpha value is -2.49. The van der Waals surface area contributed by atoms with Crippen molar-refractivity contribution in [1.82, 2.24) is 9.55 Å². The van der Waals surface area contributed by atoms with Gasteiger partial charge in [-0.15, -0.1) is 0 Å². The van der Waals surface area contributed by atoms with Crippen LogP contribution >= 0.6 is 0 Å². The van der Waals surface area contributed by atoms with Crippen LogP contribution in [0.5, 0.6) is 0 Å². The first-order valence-corrected chi connectivity index (χ1v) is 5.72. The summed E-state index contributed by atoms with van der Waals surface area (Å²) < 4.78 is 1.91. The molecule has 0 aliphatic heterocycles. The maximum atomic E-state index is 11.4. The molecule has 2 aromatic heterocycles. The summed E-state index contributed by atoms with van der Waals surface area (Å²) in [7, 11) is 0. The van der Waals surface area contributed by atoms with Gasteiger partial charge in [0.05, 0.1) is 0 Å². The molecule has 0 fully saturated rings.